The van der Waals surface area contributed by atoms with Crippen LogP contribution in [0.25, 0.3) is 0 Å². The molecule has 0 saturated carbocycles. The first-order valence-electron chi connectivity index (χ1n) is 9.92. The predicted molar refractivity (Wildman–Crippen MR) is 116 cm³/mol. The Kier molecular flexibility index (Phi) is 6.79. The van der Waals surface area contributed by atoms with Crippen molar-refractivity contribution in [1.29, 1.82) is 0 Å². The van der Waals surface area contributed by atoms with E-state index in [1.807, 2.05) is 36.1 Å². The number of rotatable bonds is 6. The van der Waals surface area contributed by atoms with Gasteiger partial charge in [0.2, 0.25) is 5.91 Å². The highest BCUT2D eigenvalue weighted by Crippen LogP contribution is 2.38. The molecule has 0 bridgehead atoms. The van der Waals surface area contributed by atoms with Crippen molar-refractivity contribution in [3.8, 4) is 5.75 Å². The third-order valence-corrected chi connectivity index (χ3v) is 6.19. The molecule has 1 aromatic carbocycles. The minimum Gasteiger partial charge on any atom is -0.497 e. The average molecular weight is 416 g/mol. The van der Waals surface area contributed by atoms with Crippen molar-refractivity contribution in [3.05, 3.63) is 51.7 Å². The summed E-state index contributed by atoms with van der Waals surface area (Å²) in [6.45, 7) is 3.32. The highest BCUT2D eigenvalue weighted by molar-refractivity contribution is 7.10. The Bertz CT molecular complexity index is 847. The zero-order valence-electron chi connectivity index (χ0n) is 17.6. The van der Waals surface area contributed by atoms with E-state index < -0.39 is 0 Å². The maximum Gasteiger partial charge on any atom is 0.319 e. The molecular weight excluding hydrogens is 386 g/mol. The van der Waals surface area contributed by atoms with Crippen molar-refractivity contribution in [1.82, 2.24) is 14.7 Å². The Hall–Kier alpha value is -2.54. The summed E-state index contributed by atoms with van der Waals surface area (Å²) in [5.74, 6) is 0.769. The molecule has 1 aromatic heterocycles. The smallest absolute Gasteiger partial charge is 0.319 e. The Balaban J connectivity index is 1.89. The average Bonchev–Trinajstić information content (AvgIpc) is 3.21. The molecule has 1 aliphatic rings. The van der Waals surface area contributed by atoms with Crippen molar-refractivity contribution in [2.45, 2.75) is 25.8 Å². The first-order valence-corrected chi connectivity index (χ1v) is 10.8. The van der Waals surface area contributed by atoms with Crippen molar-refractivity contribution in [2.75, 3.05) is 40.8 Å². The fourth-order valence-corrected chi connectivity index (χ4v) is 4.68. The van der Waals surface area contributed by atoms with Crippen LogP contribution in [0.5, 0.6) is 5.75 Å². The molecule has 7 heteroatoms. The summed E-state index contributed by atoms with van der Waals surface area (Å²) in [7, 11) is 5.08. The molecule has 1 atom stereocenters. The van der Waals surface area contributed by atoms with Gasteiger partial charge < -0.3 is 19.4 Å². The number of thiophene rings is 1. The van der Waals surface area contributed by atoms with Crippen LogP contribution in [0.2, 0.25) is 0 Å². The highest BCUT2D eigenvalue weighted by atomic mass is 32.1. The molecule has 156 valence electrons. The van der Waals surface area contributed by atoms with Gasteiger partial charge in [0.1, 0.15) is 12.3 Å². The zero-order chi connectivity index (χ0) is 21.0. The number of amides is 3. The van der Waals surface area contributed by atoms with Crippen LogP contribution in [0.15, 0.2) is 35.7 Å². The van der Waals surface area contributed by atoms with E-state index in [4.69, 9.17) is 4.74 Å². The van der Waals surface area contributed by atoms with Gasteiger partial charge in [-0.15, -0.1) is 11.3 Å². The summed E-state index contributed by atoms with van der Waals surface area (Å²) >= 11 is 1.74. The predicted octanol–water partition coefficient (Wildman–Crippen LogP) is 3.62. The number of carbonyl (C=O) groups excluding carboxylic acids is 2. The van der Waals surface area contributed by atoms with Gasteiger partial charge >= 0.3 is 6.03 Å². The van der Waals surface area contributed by atoms with Gasteiger partial charge in [-0.1, -0.05) is 19.1 Å². The molecule has 0 aliphatic carbocycles. The Morgan fingerprint density at radius 3 is 2.55 bits per heavy atom. The SMILES string of the molecule is CCCN(CC(=O)N1CCc2sccc2[C@@H]1c1ccc(OC)cc1)C(=O)N(C)C. The van der Waals surface area contributed by atoms with E-state index in [9.17, 15) is 9.59 Å². The zero-order valence-corrected chi connectivity index (χ0v) is 18.4. The van der Waals surface area contributed by atoms with Gasteiger partial charge in [0, 0.05) is 32.1 Å². The number of ether oxygens (including phenoxy) is 1. The number of nitrogens with zero attached hydrogens (tertiary/aromatic N) is 3. The van der Waals surface area contributed by atoms with Crippen molar-refractivity contribution >= 4 is 23.3 Å². The largest absolute Gasteiger partial charge is 0.497 e. The molecule has 3 amide bonds. The van der Waals surface area contributed by atoms with Gasteiger partial charge in [0.05, 0.1) is 13.2 Å². The molecule has 0 unspecified atom stereocenters. The van der Waals surface area contributed by atoms with Gasteiger partial charge in [-0.05, 0) is 47.5 Å². The van der Waals surface area contributed by atoms with E-state index in [2.05, 4.69) is 11.4 Å². The molecule has 0 N–H and O–H groups in total. The first-order chi connectivity index (χ1) is 14.0. The molecule has 29 heavy (non-hydrogen) atoms. The van der Waals surface area contributed by atoms with Gasteiger partial charge in [-0.25, -0.2) is 4.79 Å². The number of carbonyl (C=O) groups is 2. The third kappa shape index (κ3) is 4.56. The summed E-state index contributed by atoms with van der Waals surface area (Å²) in [6.07, 6.45) is 1.66. The number of hydrogen-bond acceptors (Lipinski definition) is 4. The van der Waals surface area contributed by atoms with Crippen LogP contribution in [0.4, 0.5) is 4.79 Å². The minimum absolute atomic E-state index is 0.0219. The summed E-state index contributed by atoms with van der Waals surface area (Å²) in [4.78, 5) is 32.2. The van der Waals surface area contributed by atoms with Crippen LogP contribution in [0.3, 0.4) is 0 Å². The van der Waals surface area contributed by atoms with Crippen LogP contribution < -0.4 is 4.74 Å². The van der Waals surface area contributed by atoms with Crippen molar-refractivity contribution < 1.29 is 14.3 Å². The van der Waals surface area contributed by atoms with E-state index in [-0.39, 0.29) is 24.5 Å². The molecule has 2 heterocycles. The molecule has 0 saturated heterocycles. The molecule has 3 rings (SSSR count). The second kappa shape index (κ2) is 9.31. The number of fused-ring (bicyclic) bond motifs is 1. The number of benzene rings is 1. The number of hydrogen-bond donors (Lipinski definition) is 0. The minimum atomic E-state index is -0.138. The number of urea groups is 1. The van der Waals surface area contributed by atoms with Crippen LogP contribution >= 0.6 is 11.3 Å². The van der Waals surface area contributed by atoms with E-state index >= 15 is 0 Å². The lowest BCUT2D eigenvalue weighted by molar-refractivity contribution is -0.134. The van der Waals surface area contributed by atoms with Crippen LogP contribution in [-0.2, 0) is 11.2 Å². The fourth-order valence-electron chi connectivity index (χ4n) is 3.78. The summed E-state index contributed by atoms with van der Waals surface area (Å²) < 4.78 is 5.29. The summed E-state index contributed by atoms with van der Waals surface area (Å²) in [5.41, 5.74) is 2.24. The lowest BCUT2D eigenvalue weighted by atomic mass is 9.93. The lowest BCUT2D eigenvalue weighted by Gasteiger charge is -2.38. The van der Waals surface area contributed by atoms with Crippen molar-refractivity contribution in [3.63, 3.8) is 0 Å². The maximum atomic E-state index is 13.3. The van der Waals surface area contributed by atoms with E-state index in [0.717, 1.165) is 24.2 Å². The van der Waals surface area contributed by atoms with E-state index in [1.54, 1.807) is 37.4 Å². The normalized spacial score (nSPS) is 15.6. The Morgan fingerprint density at radius 2 is 1.93 bits per heavy atom. The Labute approximate surface area is 176 Å². The highest BCUT2D eigenvalue weighted by Gasteiger charge is 2.34. The van der Waals surface area contributed by atoms with Gasteiger partial charge in [-0.3, -0.25) is 4.79 Å². The second-order valence-electron chi connectivity index (χ2n) is 7.41. The quantitative estimate of drug-likeness (QED) is 0.724. The molecular formula is C22H29N3O3S. The fraction of sp³-hybridized carbons (Fsp3) is 0.455. The lowest BCUT2D eigenvalue weighted by Crippen LogP contribution is -2.49. The Morgan fingerprint density at radius 1 is 1.21 bits per heavy atom. The van der Waals surface area contributed by atoms with Crippen molar-refractivity contribution in [2.24, 2.45) is 0 Å². The monoisotopic (exact) mass is 415 g/mol. The van der Waals surface area contributed by atoms with Gasteiger partial charge in [0.15, 0.2) is 0 Å². The number of methoxy groups -OCH3 is 1. The third-order valence-electron chi connectivity index (χ3n) is 5.19. The molecule has 0 spiro atoms. The molecule has 6 nitrogen and oxygen atoms in total. The second-order valence-corrected chi connectivity index (χ2v) is 8.41. The molecule has 0 radical (unpaired) electrons. The molecule has 1 aliphatic heterocycles. The van der Waals surface area contributed by atoms with Crippen LogP contribution in [0.1, 0.15) is 35.4 Å². The van der Waals surface area contributed by atoms with Crippen LogP contribution in [-0.4, -0.2) is 67.5 Å². The van der Waals surface area contributed by atoms with Crippen LogP contribution in [0, 0.1) is 0 Å². The molecule has 2 aromatic rings. The van der Waals surface area contributed by atoms with E-state index in [1.165, 1.54) is 15.3 Å². The summed E-state index contributed by atoms with van der Waals surface area (Å²) in [5, 5.41) is 2.09. The maximum absolute atomic E-state index is 13.3. The van der Waals surface area contributed by atoms with E-state index in [0.29, 0.717) is 13.1 Å². The van der Waals surface area contributed by atoms with Gasteiger partial charge in [-0.2, -0.15) is 0 Å². The standard InChI is InChI=1S/C22H29N3O3S/c1-5-12-24(22(27)23(2)3)15-20(26)25-13-10-19-18(11-14-29-19)21(25)16-6-8-17(28-4)9-7-16/h6-9,11,14,21H,5,10,12-13,15H2,1-4H3/t21-/m0/s1. The molecule has 0 fully saturated rings. The topological polar surface area (TPSA) is 53.1 Å². The summed E-state index contributed by atoms with van der Waals surface area (Å²) in [6, 6.07) is 9.74. The van der Waals surface area contributed by atoms with Gasteiger partial charge in [0.25, 0.3) is 0 Å². The first kappa shape index (κ1) is 21.2.